The molecule has 0 radical (unpaired) electrons. The Hall–Kier alpha value is -2.37. The van der Waals surface area contributed by atoms with E-state index in [0.29, 0.717) is 18.0 Å². The first-order valence-corrected chi connectivity index (χ1v) is 8.46. The van der Waals surface area contributed by atoms with Gasteiger partial charge in [0.25, 0.3) is 5.91 Å². The number of hydrogen-bond donors (Lipinski definition) is 3. The van der Waals surface area contributed by atoms with Crippen LogP contribution in [-0.4, -0.2) is 24.3 Å². The Morgan fingerprint density at radius 1 is 1.04 bits per heavy atom. The van der Waals surface area contributed by atoms with Gasteiger partial charge in [0.05, 0.1) is 6.54 Å². The first kappa shape index (κ1) is 16.5. The van der Waals surface area contributed by atoms with Gasteiger partial charge in [-0.3, -0.25) is 14.4 Å². The molecular weight excluding hydrogens is 306 g/mol. The zero-order valence-electron chi connectivity index (χ0n) is 13.6. The monoisotopic (exact) mass is 329 g/mol. The fraction of sp³-hybridized carbons (Fsp3) is 0.500. The summed E-state index contributed by atoms with van der Waals surface area (Å²) in [7, 11) is 0. The van der Waals surface area contributed by atoms with E-state index in [1.807, 2.05) is 0 Å². The summed E-state index contributed by atoms with van der Waals surface area (Å²) >= 11 is 0. The molecule has 4 N–H and O–H groups in total. The van der Waals surface area contributed by atoms with Crippen molar-refractivity contribution in [2.75, 3.05) is 6.54 Å². The van der Waals surface area contributed by atoms with Crippen LogP contribution in [0.4, 0.5) is 0 Å². The quantitative estimate of drug-likeness (QED) is 0.724. The Labute approximate surface area is 141 Å². The second-order valence-electron chi connectivity index (χ2n) is 6.85. The molecule has 2 aliphatic carbocycles. The van der Waals surface area contributed by atoms with Gasteiger partial charge in [-0.05, 0) is 48.8 Å². The van der Waals surface area contributed by atoms with Crippen LogP contribution in [0.2, 0.25) is 0 Å². The molecule has 2 fully saturated rings. The highest BCUT2D eigenvalue weighted by molar-refractivity contribution is 5.96. The lowest BCUT2D eigenvalue weighted by atomic mass is 9.88. The number of hydrogen-bond acceptors (Lipinski definition) is 3. The highest BCUT2D eigenvalue weighted by Crippen LogP contribution is 2.48. The summed E-state index contributed by atoms with van der Waals surface area (Å²) in [5, 5.41) is 5.45. The summed E-state index contributed by atoms with van der Waals surface area (Å²) < 4.78 is 0. The minimum Gasteiger partial charge on any atom is -0.368 e. The molecule has 24 heavy (non-hydrogen) atoms. The molecule has 128 valence electrons. The van der Waals surface area contributed by atoms with Crippen LogP contribution < -0.4 is 16.4 Å². The molecule has 0 aromatic heterocycles. The van der Waals surface area contributed by atoms with Crippen molar-refractivity contribution < 1.29 is 14.4 Å². The molecule has 2 aliphatic rings. The molecule has 0 unspecified atom stereocenters. The Kier molecular flexibility index (Phi) is 4.83. The summed E-state index contributed by atoms with van der Waals surface area (Å²) in [5.41, 5.74) is 6.39. The maximum absolute atomic E-state index is 12.3. The van der Waals surface area contributed by atoms with E-state index < -0.39 is 5.91 Å². The van der Waals surface area contributed by atoms with Gasteiger partial charge in [0.2, 0.25) is 11.8 Å². The molecule has 0 saturated heterocycles. The number of primary amides is 1. The third kappa shape index (κ3) is 3.75. The highest BCUT2D eigenvalue weighted by Gasteiger charge is 2.42. The summed E-state index contributed by atoms with van der Waals surface area (Å²) in [6.07, 6.45) is 4.73. The predicted octanol–water partition coefficient (Wildman–Crippen LogP) is 0.954. The topological polar surface area (TPSA) is 101 Å². The molecule has 6 heteroatoms. The van der Waals surface area contributed by atoms with Gasteiger partial charge in [-0.2, -0.15) is 0 Å². The largest absolute Gasteiger partial charge is 0.368 e. The molecule has 1 aromatic carbocycles. The Bertz CT molecular complexity index is 641. The van der Waals surface area contributed by atoms with Crippen LogP contribution in [0.15, 0.2) is 24.3 Å². The third-order valence-corrected chi connectivity index (χ3v) is 5.18. The van der Waals surface area contributed by atoms with Gasteiger partial charge in [-0.1, -0.05) is 18.6 Å². The Morgan fingerprint density at radius 3 is 2.38 bits per heavy atom. The molecule has 2 saturated carbocycles. The molecule has 0 heterocycles. The summed E-state index contributed by atoms with van der Waals surface area (Å²) in [4.78, 5) is 34.8. The number of carbonyl (C=O) groups is 3. The summed E-state index contributed by atoms with van der Waals surface area (Å²) in [5.74, 6) is 0.748. The van der Waals surface area contributed by atoms with Crippen molar-refractivity contribution in [3.8, 4) is 0 Å². The van der Waals surface area contributed by atoms with Crippen LogP contribution >= 0.6 is 0 Å². The van der Waals surface area contributed by atoms with E-state index in [0.717, 1.165) is 17.9 Å². The van der Waals surface area contributed by atoms with Crippen molar-refractivity contribution >= 4 is 17.7 Å². The zero-order chi connectivity index (χ0) is 17.1. The van der Waals surface area contributed by atoms with Crippen molar-refractivity contribution in [2.45, 2.75) is 32.2 Å². The molecule has 2 bridgehead atoms. The van der Waals surface area contributed by atoms with E-state index in [9.17, 15) is 14.4 Å². The van der Waals surface area contributed by atoms with Crippen molar-refractivity contribution in [3.63, 3.8) is 0 Å². The number of benzene rings is 1. The molecule has 0 spiro atoms. The van der Waals surface area contributed by atoms with E-state index in [4.69, 9.17) is 5.73 Å². The Morgan fingerprint density at radius 2 is 1.79 bits per heavy atom. The SMILES string of the molecule is NC(=O)CNC(=O)c1ccc(CNC(=O)[C@H]2C[C@@H]3CC[C@@H]2C3)cc1. The van der Waals surface area contributed by atoms with Crippen LogP contribution in [0.5, 0.6) is 0 Å². The summed E-state index contributed by atoms with van der Waals surface area (Å²) in [6, 6.07) is 6.96. The van der Waals surface area contributed by atoms with Crippen molar-refractivity contribution in [3.05, 3.63) is 35.4 Å². The number of fused-ring (bicyclic) bond motifs is 2. The van der Waals surface area contributed by atoms with Gasteiger partial charge in [0, 0.05) is 18.0 Å². The smallest absolute Gasteiger partial charge is 0.251 e. The zero-order valence-corrected chi connectivity index (χ0v) is 13.6. The van der Waals surface area contributed by atoms with Gasteiger partial charge in [-0.25, -0.2) is 0 Å². The van der Waals surface area contributed by atoms with E-state index >= 15 is 0 Å². The van der Waals surface area contributed by atoms with Crippen LogP contribution in [0.3, 0.4) is 0 Å². The number of amides is 3. The van der Waals surface area contributed by atoms with Crippen molar-refractivity contribution in [1.29, 1.82) is 0 Å². The van der Waals surface area contributed by atoms with Crippen molar-refractivity contribution in [1.82, 2.24) is 10.6 Å². The fourth-order valence-electron chi connectivity index (χ4n) is 3.93. The Balaban J connectivity index is 1.48. The van der Waals surface area contributed by atoms with Gasteiger partial charge in [0.1, 0.15) is 0 Å². The normalized spacial score (nSPS) is 24.6. The van der Waals surface area contributed by atoms with Gasteiger partial charge in [-0.15, -0.1) is 0 Å². The maximum atomic E-state index is 12.3. The van der Waals surface area contributed by atoms with Crippen LogP contribution in [0, 0.1) is 17.8 Å². The predicted molar refractivity (Wildman–Crippen MR) is 88.8 cm³/mol. The second-order valence-corrected chi connectivity index (χ2v) is 6.85. The first-order chi connectivity index (χ1) is 11.5. The van der Waals surface area contributed by atoms with E-state index in [1.54, 1.807) is 24.3 Å². The number of nitrogens with one attached hydrogen (secondary N) is 2. The minimum absolute atomic E-state index is 0.158. The number of rotatable bonds is 6. The lowest BCUT2D eigenvalue weighted by molar-refractivity contribution is -0.126. The van der Waals surface area contributed by atoms with E-state index in [1.165, 1.54) is 19.3 Å². The molecule has 1 aromatic rings. The standard InChI is InChI=1S/C18H23N3O3/c19-16(22)10-21-17(23)13-4-1-11(2-5-13)9-20-18(24)15-8-12-3-6-14(15)7-12/h1-2,4-5,12,14-15H,3,6-10H2,(H2,19,22)(H,20,24)(H,21,23)/t12-,14-,15+/m1/s1. The third-order valence-electron chi connectivity index (χ3n) is 5.18. The van der Waals surface area contributed by atoms with Crippen LogP contribution in [0.1, 0.15) is 41.6 Å². The molecule has 3 atom stereocenters. The highest BCUT2D eigenvalue weighted by atomic mass is 16.2. The van der Waals surface area contributed by atoms with Gasteiger partial charge >= 0.3 is 0 Å². The molecule has 6 nitrogen and oxygen atoms in total. The fourth-order valence-corrected chi connectivity index (χ4v) is 3.93. The number of nitrogens with two attached hydrogens (primary N) is 1. The van der Waals surface area contributed by atoms with E-state index in [-0.39, 0.29) is 24.3 Å². The molecule has 0 aliphatic heterocycles. The first-order valence-electron chi connectivity index (χ1n) is 8.46. The average molecular weight is 329 g/mol. The second kappa shape index (κ2) is 7.03. The van der Waals surface area contributed by atoms with Crippen LogP contribution in [-0.2, 0) is 16.1 Å². The van der Waals surface area contributed by atoms with Gasteiger partial charge < -0.3 is 16.4 Å². The van der Waals surface area contributed by atoms with Crippen molar-refractivity contribution in [2.24, 2.45) is 23.5 Å². The maximum Gasteiger partial charge on any atom is 0.251 e. The minimum atomic E-state index is -0.580. The average Bonchev–Trinajstić information content (AvgIpc) is 3.21. The lowest BCUT2D eigenvalue weighted by Gasteiger charge is -2.20. The van der Waals surface area contributed by atoms with Gasteiger partial charge in [0.15, 0.2) is 0 Å². The summed E-state index contributed by atoms with van der Waals surface area (Å²) in [6.45, 7) is 0.288. The van der Waals surface area contributed by atoms with E-state index in [2.05, 4.69) is 10.6 Å². The molecular formula is C18H23N3O3. The van der Waals surface area contributed by atoms with Crippen LogP contribution in [0.25, 0.3) is 0 Å². The number of carbonyl (C=O) groups excluding carboxylic acids is 3. The molecule has 3 rings (SSSR count). The lowest BCUT2D eigenvalue weighted by Crippen LogP contribution is -2.33. The molecule has 3 amide bonds.